The Kier molecular flexibility index (Phi) is 6.96. The molecule has 0 radical (unpaired) electrons. The first-order valence-electron chi connectivity index (χ1n) is 5.31. The Bertz CT molecular complexity index is 292. The molecule has 0 heterocycles. The Balaban J connectivity index is 4.49. The van der Waals surface area contributed by atoms with Crippen molar-refractivity contribution in [3.8, 4) is 0 Å². The lowest BCUT2D eigenvalue weighted by molar-refractivity contribution is -0.152. The molecule has 0 fully saturated rings. The van der Waals surface area contributed by atoms with Crippen molar-refractivity contribution >= 4 is 11.8 Å². The zero-order valence-electron chi connectivity index (χ0n) is 9.80. The number of aliphatic hydroxyl groups excluding tert-OH is 5. The standard InChI is InChI=1S/C10H18O8/c1-4(7(14)3-11)8(15)9(16)5(12)2-6(13)10(17)18/h4-5,7-9,11-12,14-16H,2-3H2,1H3,(H,17,18)/t4-,5?,7-,8+,9-/m0/s1. The first-order chi connectivity index (χ1) is 8.22. The summed E-state index contributed by atoms with van der Waals surface area (Å²) < 4.78 is 0. The highest BCUT2D eigenvalue weighted by molar-refractivity contribution is 6.32. The summed E-state index contributed by atoms with van der Waals surface area (Å²) in [6.45, 7) is 0.676. The minimum absolute atomic E-state index is 0.644. The quantitative estimate of drug-likeness (QED) is 0.255. The molecule has 106 valence electrons. The van der Waals surface area contributed by atoms with Gasteiger partial charge >= 0.3 is 5.97 Å². The summed E-state index contributed by atoms with van der Waals surface area (Å²) in [5, 5.41) is 54.6. The molecule has 0 amide bonds. The minimum Gasteiger partial charge on any atom is -0.475 e. The molecule has 0 bridgehead atoms. The molecule has 0 aromatic rings. The van der Waals surface area contributed by atoms with Gasteiger partial charge in [-0.1, -0.05) is 6.92 Å². The van der Waals surface area contributed by atoms with Crippen molar-refractivity contribution < 1.29 is 40.2 Å². The van der Waals surface area contributed by atoms with E-state index < -0.39 is 55.1 Å². The van der Waals surface area contributed by atoms with Gasteiger partial charge in [-0.3, -0.25) is 4.79 Å². The van der Waals surface area contributed by atoms with Crippen LogP contribution >= 0.6 is 0 Å². The van der Waals surface area contributed by atoms with Gasteiger partial charge in [-0.2, -0.15) is 0 Å². The van der Waals surface area contributed by atoms with Crippen LogP contribution in [0.3, 0.4) is 0 Å². The molecule has 0 rings (SSSR count). The maximum absolute atomic E-state index is 10.8. The van der Waals surface area contributed by atoms with E-state index in [2.05, 4.69) is 0 Å². The molecule has 0 aliphatic carbocycles. The van der Waals surface area contributed by atoms with Crippen LogP contribution in [0, 0.1) is 5.92 Å². The van der Waals surface area contributed by atoms with E-state index in [1.807, 2.05) is 0 Å². The SMILES string of the molecule is C[C@H]([C@@H](O)[C@@H](O)C(O)CC(=O)C(=O)O)[C@@H](O)CO. The lowest BCUT2D eigenvalue weighted by Gasteiger charge is -2.29. The highest BCUT2D eigenvalue weighted by Crippen LogP contribution is 2.16. The highest BCUT2D eigenvalue weighted by Gasteiger charge is 2.34. The fourth-order valence-electron chi connectivity index (χ4n) is 1.33. The summed E-state index contributed by atoms with van der Waals surface area (Å²) in [4.78, 5) is 21.0. The van der Waals surface area contributed by atoms with Crippen LogP contribution < -0.4 is 0 Å². The summed E-state index contributed by atoms with van der Waals surface area (Å²) in [6, 6.07) is 0. The molecule has 8 nitrogen and oxygen atoms in total. The predicted octanol–water partition coefficient (Wildman–Crippen LogP) is -2.90. The van der Waals surface area contributed by atoms with E-state index in [0.717, 1.165) is 0 Å². The molecule has 18 heavy (non-hydrogen) atoms. The second kappa shape index (κ2) is 7.39. The molecule has 0 aliphatic rings. The topological polar surface area (TPSA) is 156 Å². The molecule has 5 atom stereocenters. The second-order valence-corrected chi connectivity index (χ2v) is 4.09. The molecule has 0 spiro atoms. The van der Waals surface area contributed by atoms with Gasteiger partial charge in [-0.05, 0) is 0 Å². The molecule has 6 N–H and O–H groups in total. The van der Waals surface area contributed by atoms with Crippen LogP contribution in [0.5, 0.6) is 0 Å². The van der Waals surface area contributed by atoms with Crippen molar-refractivity contribution in [1.29, 1.82) is 0 Å². The first kappa shape index (κ1) is 16.9. The number of carbonyl (C=O) groups excluding carboxylic acids is 1. The average Bonchev–Trinajstić information content (AvgIpc) is 2.34. The summed E-state index contributed by atoms with van der Waals surface area (Å²) >= 11 is 0. The molecular formula is C10H18O8. The van der Waals surface area contributed by atoms with Crippen LogP contribution in [0.2, 0.25) is 0 Å². The van der Waals surface area contributed by atoms with Gasteiger partial charge in [0, 0.05) is 12.3 Å². The number of rotatable bonds is 8. The van der Waals surface area contributed by atoms with Gasteiger partial charge in [0.25, 0.3) is 0 Å². The largest absolute Gasteiger partial charge is 0.475 e. The molecule has 0 aliphatic heterocycles. The van der Waals surface area contributed by atoms with Gasteiger partial charge < -0.3 is 30.6 Å². The zero-order valence-corrected chi connectivity index (χ0v) is 9.80. The van der Waals surface area contributed by atoms with Gasteiger partial charge in [0.1, 0.15) is 6.10 Å². The second-order valence-electron chi connectivity index (χ2n) is 4.09. The van der Waals surface area contributed by atoms with E-state index in [0.29, 0.717) is 0 Å². The van der Waals surface area contributed by atoms with Gasteiger partial charge in [0.2, 0.25) is 5.78 Å². The average molecular weight is 266 g/mol. The number of aliphatic hydroxyl groups is 5. The van der Waals surface area contributed by atoms with Crippen molar-refractivity contribution in [1.82, 2.24) is 0 Å². The highest BCUT2D eigenvalue weighted by atomic mass is 16.4. The van der Waals surface area contributed by atoms with Crippen molar-refractivity contribution in [2.24, 2.45) is 5.92 Å². The van der Waals surface area contributed by atoms with Gasteiger partial charge in [-0.15, -0.1) is 0 Å². The number of carboxylic acid groups (broad SMARTS) is 1. The third-order valence-corrected chi connectivity index (χ3v) is 2.71. The van der Waals surface area contributed by atoms with E-state index in [1.165, 1.54) is 6.92 Å². The van der Waals surface area contributed by atoms with E-state index >= 15 is 0 Å². The third-order valence-electron chi connectivity index (χ3n) is 2.71. The number of carboxylic acids is 1. The number of Topliss-reactive ketones (excluding diaryl/α,β-unsaturated/α-hetero) is 1. The number of hydrogen-bond donors (Lipinski definition) is 6. The Morgan fingerprint density at radius 3 is 1.89 bits per heavy atom. The first-order valence-corrected chi connectivity index (χ1v) is 5.31. The van der Waals surface area contributed by atoms with Crippen LogP contribution in [0.25, 0.3) is 0 Å². The Morgan fingerprint density at radius 2 is 1.50 bits per heavy atom. The Morgan fingerprint density at radius 1 is 1.00 bits per heavy atom. The van der Waals surface area contributed by atoms with Crippen molar-refractivity contribution in [2.75, 3.05) is 6.61 Å². The van der Waals surface area contributed by atoms with Gasteiger partial charge in [-0.25, -0.2) is 4.79 Å². The number of carbonyl (C=O) groups is 2. The van der Waals surface area contributed by atoms with Crippen molar-refractivity contribution in [3.05, 3.63) is 0 Å². The lowest BCUT2D eigenvalue weighted by atomic mass is 9.90. The van der Waals surface area contributed by atoms with E-state index in [9.17, 15) is 30.0 Å². The summed E-state index contributed by atoms with van der Waals surface area (Å²) in [5.41, 5.74) is 0. The molecule has 0 aromatic carbocycles. The maximum atomic E-state index is 10.8. The summed E-state index contributed by atoms with van der Waals surface area (Å²) in [5.74, 6) is -4.01. The monoisotopic (exact) mass is 266 g/mol. The molecule has 0 aromatic heterocycles. The van der Waals surface area contributed by atoms with Crippen LogP contribution in [0.1, 0.15) is 13.3 Å². The van der Waals surface area contributed by atoms with Gasteiger partial charge in [0.05, 0.1) is 24.9 Å². The van der Waals surface area contributed by atoms with E-state index in [-0.39, 0.29) is 0 Å². The fraction of sp³-hybridized carbons (Fsp3) is 0.800. The molecule has 1 unspecified atom stereocenters. The fourth-order valence-corrected chi connectivity index (χ4v) is 1.33. The van der Waals surface area contributed by atoms with Crippen LogP contribution in [-0.4, -0.2) is 73.4 Å². The van der Waals surface area contributed by atoms with Crippen LogP contribution in [0.15, 0.2) is 0 Å². The Labute approximate surface area is 103 Å². The molecule has 8 heteroatoms. The molecule has 0 saturated carbocycles. The Hall–Kier alpha value is -1.06. The number of aliphatic carboxylic acids is 1. The summed E-state index contributed by atoms with van der Waals surface area (Å²) in [6.07, 6.45) is -7.34. The van der Waals surface area contributed by atoms with Crippen LogP contribution in [0.4, 0.5) is 0 Å². The maximum Gasteiger partial charge on any atom is 0.372 e. The van der Waals surface area contributed by atoms with E-state index in [4.69, 9.17) is 10.2 Å². The smallest absolute Gasteiger partial charge is 0.372 e. The third kappa shape index (κ3) is 4.67. The van der Waals surface area contributed by atoms with Crippen molar-refractivity contribution in [2.45, 2.75) is 37.8 Å². The van der Waals surface area contributed by atoms with Crippen molar-refractivity contribution in [3.63, 3.8) is 0 Å². The lowest BCUT2D eigenvalue weighted by Crippen LogP contribution is -2.46. The number of hydrogen-bond acceptors (Lipinski definition) is 7. The van der Waals surface area contributed by atoms with Crippen LogP contribution in [-0.2, 0) is 9.59 Å². The molecular weight excluding hydrogens is 248 g/mol. The molecule has 0 saturated heterocycles. The van der Waals surface area contributed by atoms with E-state index in [1.54, 1.807) is 0 Å². The summed E-state index contributed by atoms with van der Waals surface area (Å²) in [7, 11) is 0. The minimum atomic E-state index is -1.80. The predicted molar refractivity (Wildman–Crippen MR) is 57.5 cm³/mol. The van der Waals surface area contributed by atoms with Gasteiger partial charge in [0.15, 0.2) is 0 Å². The number of ketones is 1. The normalized spacial score (nSPS) is 19.7. The zero-order chi connectivity index (χ0) is 14.5.